The Morgan fingerprint density at radius 1 is 1.40 bits per heavy atom. The van der Waals surface area contributed by atoms with E-state index in [0.29, 0.717) is 19.6 Å². The molecule has 0 amide bonds. The Morgan fingerprint density at radius 2 is 2.10 bits per heavy atom. The molecule has 4 nitrogen and oxygen atoms in total. The van der Waals surface area contributed by atoms with E-state index in [1.54, 1.807) is 25.4 Å². The standard InChI is InChI=1S/C14H17BrFN3O/c1-20-7-6-19-14(12(15)9-18-19)13(17)8-10-2-4-11(16)5-3-10/h2-5,9,13H,6-8,17H2,1H3. The van der Waals surface area contributed by atoms with Crippen LogP contribution in [-0.2, 0) is 17.7 Å². The van der Waals surface area contributed by atoms with Gasteiger partial charge in [-0.1, -0.05) is 12.1 Å². The number of hydrogen-bond donors (Lipinski definition) is 1. The minimum atomic E-state index is -0.242. The molecule has 1 aromatic heterocycles. The van der Waals surface area contributed by atoms with E-state index in [4.69, 9.17) is 10.5 Å². The predicted molar refractivity (Wildman–Crippen MR) is 78.8 cm³/mol. The number of benzene rings is 1. The van der Waals surface area contributed by atoms with Gasteiger partial charge in [0.05, 0.1) is 35.6 Å². The molecule has 0 bridgehead atoms. The first-order chi connectivity index (χ1) is 9.61. The Labute approximate surface area is 125 Å². The van der Waals surface area contributed by atoms with Crippen LogP contribution in [-0.4, -0.2) is 23.5 Å². The van der Waals surface area contributed by atoms with Crippen molar-refractivity contribution in [3.05, 3.63) is 52.0 Å². The van der Waals surface area contributed by atoms with Crippen molar-refractivity contribution in [1.29, 1.82) is 0 Å². The van der Waals surface area contributed by atoms with Crippen LogP contribution in [0.25, 0.3) is 0 Å². The summed E-state index contributed by atoms with van der Waals surface area (Å²) in [5.41, 5.74) is 8.17. The fourth-order valence-corrected chi connectivity index (χ4v) is 2.66. The lowest BCUT2D eigenvalue weighted by atomic mass is 10.0. The smallest absolute Gasteiger partial charge is 0.123 e. The fourth-order valence-electron chi connectivity index (χ4n) is 2.07. The van der Waals surface area contributed by atoms with Gasteiger partial charge in [0.15, 0.2) is 0 Å². The zero-order valence-corrected chi connectivity index (χ0v) is 12.8. The zero-order valence-electron chi connectivity index (χ0n) is 11.2. The third-order valence-corrected chi connectivity index (χ3v) is 3.67. The number of nitrogens with two attached hydrogens (primary N) is 1. The molecular formula is C14H17BrFN3O. The summed E-state index contributed by atoms with van der Waals surface area (Å²) in [6.45, 7) is 1.22. The Morgan fingerprint density at radius 3 is 2.75 bits per heavy atom. The van der Waals surface area contributed by atoms with E-state index in [0.717, 1.165) is 15.7 Å². The molecule has 108 valence electrons. The normalized spacial score (nSPS) is 12.6. The molecule has 1 heterocycles. The lowest BCUT2D eigenvalue weighted by Gasteiger charge is -2.15. The van der Waals surface area contributed by atoms with E-state index in [1.165, 1.54) is 12.1 Å². The van der Waals surface area contributed by atoms with Crippen molar-refractivity contribution in [2.45, 2.75) is 19.0 Å². The van der Waals surface area contributed by atoms with E-state index in [1.807, 2.05) is 4.68 Å². The van der Waals surface area contributed by atoms with Crippen molar-refractivity contribution in [3.63, 3.8) is 0 Å². The minimum absolute atomic E-state index is 0.214. The third-order valence-electron chi connectivity index (χ3n) is 3.06. The molecule has 20 heavy (non-hydrogen) atoms. The summed E-state index contributed by atoms with van der Waals surface area (Å²) >= 11 is 3.47. The van der Waals surface area contributed by atoms with Crippen LogP contribution in [0.5, 0.6) is 0 Å². The van der Waals surface area contributed by atoms with Gasteiger partial charge in [-0.25, -0.2) is 4.39 Å². The molecule has 0 fully saturated rings. The number of nitrogens with zero attached hydrogens (tertiary/aromatic N) is 2. The Hall–Kier alpha value is -1.24. The SMILES string of the molecule is COCCn1ncc(Br)c1C(N)Cc1ccc(F)cc1. The van der Waals surface area contributed by atoms with Gasteiger partial charge >= 0.3 is 0 Å². The molecule has 2 N–H and O–H groups in total. The second-order valence-corrected chi connectivity index (χ2v) is 5.39. The highest BCUT2D eigenvalue weighted by atomic mass is 79.9. The number of rotatable bonds is 6. The molecule has 0 aliphatic heterocycles. The fraction of sp³-hybridized carbons (Fsp3) is 0.357. The highest BCUT2D eigenvalue weighted by Crippen LogP contribution is 2.24. The molecular weight excluding hydrogens is 325 g/mol. The molecule has 0 aliphatic carbocycles. The van der Waals surface area contributed by atoms with Crippen LogP contribution in [0.3, 0.4) is 0 Å². The topological polar surface area (TPSA) is 53.1 Å². The summed E-state index contributed by atoms with van der Waals surface area (Å²) in [7, 11) is 1.65. The van der Waals surface area contributed by atoms with Crippen LogP contribution < -0.4 is 5.73 Å². The molecule has 1 atom stereocenters. The average molecular weight is 342 g/mol. The van der Waals surface area contributed by atoms with Gasteiger partial charge in [0, 0.05) is 7.11 Å². The van der Waals surface area contributed by atoms with Crippen LogP contribution in [0.1, 0.15) is 17.3 Å². The van der Waals surface area contributed by atoms with Crippen LogP contribution in [0.4, 0.5) is 4.39 Å². The van der Waals surface area contributed by atoms with Crippen LogP contribution in [0.2, 0.25) is 0 Å². The van der Waals surface area contributed by atoms with Crippen molar-refractivity contribution in [2.75, 3.05) is 13.7 Å². The monoisotopic (exact) mass is 341 g/mol. The zero-order chi connectivity index (χ0) is 14.5. The molecule has 2 aromatic rings. The highest BCUT2D eigenvalue weighted by Gasteiger charge is 2.17. The molecule has 1 aromatic carbocycles. The number of halogens is 2. The van der Waals surface area contributed by atoms with Gasteiger partial charge in [-0.15, -0.1) is 0 Å². The Kier molecular flexibility index (Phi) is 5.28. The van der Waals surface area contributed by atoms with Crippen LogP contribution >= 0.6 is 15.9 Å². The molecule has 0 saturated carbocycles. The lowest BCUT2D eigenvalue weighted by Crippen LogP contribution is -2.20. The van der Waals surface area contributed by atoms with Crippen molar-refractivity contribution in [3.8, 4) is 0 Å². The Bertz CT molecular complexity index is 556. The number of hydrogen-bond acceptors (Lipinski definition) is 3. The summed E-state index contributed by atoms with van der Waals surface area (Å²) < 4.78 is 20.7. The summed E-state index contributed by atoms with van der Waals surface area (Å²) in [6, 6.07) is 6.17. The second-order valence-electron chi connectivity index (χ2n) is 4.53. The Balaban J connectivity index is 2.13. The minimum Gasteiger partial charge on any atom is -0.383 e. The van der Waals surface area contributed by atoms with Gasteiger partial charge in [0.2, 0.25) is 0 Å². The van der Waals surface area contributed by atoms with E-state index in [2.05, 4.69) is 21.0 Å². The summed E-state index contributed by atoms with van der Waals surface area (Å²) in [5.74, 6) is -0.242. The van der Waals surface area contributed by atoms with Gasteiger partial charge in [-0.2, -0.15) is 5.10 Å². The van der Waals surface area contributed by atoms with E-state index < -0.39 is 0 Å². The maximum Gasteiger partial charge on any atom is 0.123 e. The third kappa shape index (κ3) is 3.65. The predicted octanol–water partition coefficient (Wildman–Crippen LogP) is 2.67. The number of methoxy groups -OCH3 is 1. The average Bonchev–Trinajstić information content (AvgIpc) is 2.80. The number of ether oxygens (including phenoxy) is 1. The van der Waals surface area contributed by atoms with Gasteiger partial charge < -0.3 is 10.5 Å². The maximum absolute atomic E-state index is 12.9. The molecule has 0 saturated heterocycles. The highest BCUT2D eigenvalue weighted by molar-refractivity contribution is 9.10. The molecule has 2 rings (SSSR count). The largest absolute Gasteiger partial charge is 0.383 e. The van der Waals surface area contributed by atoms with E-state index in [9.17, 15) is 4.39 Å². The maximum atomic E-state index is 12.9. The van der Waals surface area contributed by atoms with Gasteiger partial charge in [0.25, 0.3) is 0 Å². The number of aromatic nitrogens is 2. The van der Waals surface area contributed by atoms with E-state index >= 15 is 0 Å². The van der Waals surface area contributed by atoms with Crippen molar-refractivity contribution >= 4 is 15.9 Å². The van der Waals surface area contributed by atoms with Crippen LogP contribution in [0, 0.1) is 5.82 Å². The quantitative estimate of drug-likeness (QED) is 0.878. The second kappa shape index (κ2) is 6.97. The van der Waals surface area contributed by atoms with Gasteiger partial charge in [-0.05, 0) is 40.0 Å². The van der Waals surface area contributed by atoms with Crippen molar-refractivity contribution < 1.29 is 9.13 Å². The first-order valence-electron chi connectivity index (χ1n) is 6.32. The summed E-state index contributed by atoms with van der Waals surface area (Å²) in [6.07, 6.45) is 2.35. The van der Waals surface area contributed by atoms with Crippen LogP contribution in [0.15, 0.2) is 34.9 Å². The van der Waals surface area contributed by atoms with E-state index in [-0.39, 0.29) is 11.9 Å². The van der Waals surface area contributed by atoms with Crippen molar-refractivity contribution in [2.24, 2.45) is 5.73 Å². The lowest BCUT2D eigenvalue weighted by molar-refractivity contribution is 0.182. The van der Waals surface area contributed by atoms with Gasteiger partial charge in [0.1, 0.15) is 5.82 Å². The first kappa shape index (κ1) is 15.2. The molecule has 0 radical (unpaired) electrons. The van der Waals surface area contributed by atoms with Gasteiger partial charge in [-0.3, -0.25) is 4.68 Å². The van der Waals surface area contributed by atoms with Crippen molar-refractivity contribution in [1.82, 2.24) is 9.78 Å². The first-order valence-corrected chi connectivity index (χ1v) is 7.11. The molecule has 0 spiro atoms. The summed E-state index contributed by atoms with van der Waals surface area (Å²) in [5, 5.41) is 4.28. The molecule has 1 unspecified atom stereocenters. The molecule has 6 heteroatoms. The molecule has 0 aliphatic rings. The summed E-state index contributed by atoms with van der Waals surface area (Å²) in [4.78, 5) is 0.